The predicted molar refractivity (Wildman–Crippen MR) is 99.5 cm³/mol. The van der Waals surface area contributed by atoms with Crippen LogP contribution in [0.4, 0.5) is 5.69 Å². The van der Waals surface area contributed by atoms with E-state index in [1.54, 1.807) is 17.0 Å². The van der Waals surface area contributed by atoms with Gasteiger partial charge in [0, 0.05) is 25.1 Å². The highest BCUT2D eigenvalue weighted by atomic mass is 16.5. The molecule has 7 heteroatoms. The Morgan fingerprint density at radius 3 is 2.26 bits per heavy atom. The van der Waals surface area contributed by atoms with Gasteiger partial charge in [-0.25, -0.2) is 0 Å². The molecule has 3 atom stereocenters. The molecule has 3 rings (SSSR count). The van der Waals surface area contributed by atoms with Gasteiger partial charge >= 0.3 is 5.97 Å². The number of ether oxygens (including phenoxy) is 4. The van der Waals surface area contributed by atoms with Crippen molar-refractivity contribution in [3.63, 3.8) is 0 Å². The number of benzene rings is 1. The zero-order chi connectivity index (χ0) is 19.6. The molecule has 2 fully saturated rings. The molecule has 2 aliphatic rings. The number of amides is 1. The van der Waals surface area contributed by atoms with E-state index in [0.717, 1.165) is 19.3 Å². The maximum Gasteiger partial charge on any atom is 0.311 e. The highest BCUT2D eigenvalue weighted by Crippen LogP contribution is 2.42. The summed E-state index contributed by atoms with van der Waals surface area (Å²) in [5.74, 6) is 1.12. The molecule has 1 aromatic carbocycles. The molecule has 27 heavy (non-hydrogen) atoms. The largest absolute Gasteiger partial charge is 0.493 e. The van der Waals surface area contributed by atoms with Crippen molar-refractivity contribution in [3.8, 4) is 17.2 Å². The lowest BCUT2D eigenvalue weighted by molar-refractivity contribution is -0.153. The maximum atomic E-state index is 12.5. The second-order valence-electron chi connectivity index (χ2n) is 7.27. The molecule has 1 aliphatic carbocycles. The average Bonchev–Trinajstić information content (AvgIpc) is 3.25. The van der Waals surface area contributed by atoms with Gasteiger partial charge in [-0.1, -0.05) is 6.92 Å². The molecule has 0 radical (unpaired) electrons. The lowest BCUT2D eigenvalue weighted by atomic mass is 10.1. The monoisotopic (exact) mass is 377 g/mol. The number of methoxy groups -OCH3 is 3. The van der Waals surface area contributed by atoms with Gasteiger partial charge in [-0.15, -0.1) is 0 Å². The Morgan fingerprint density at radius 2 is 1.74 bits per heavy atom. The topological polar surface area (TPSA) is 74.3 Å². The van der Waals surface area contributed by atoms with E-state index in [1.165, 1.54) is 21.3 Å². The predicted octanol–water partition coefficient (Wildman–Crippen LogP) is 2.80. The fourth-order valence-electron chi connectivity index (χ4n) is 3.86. The Morgan fingerprint density at radius 1 is 1.07 bits per heavy atom. The third-order valence-electron chi connectivity index (χ3n) is 5.35. The zero-order valence-electron chi connectivity index (χ0n) is 16.3. The summed E-state index contributed by atoms with van der Waals surface area (Å²) in [5, 5.41) is 0. The van der Waals surface area contributed by atoms with E-state index in [0.29, 0.717) is 35.4 Å². The highest BCUT2D eigenvalue weighted by Gasteiger charge is 2.38. The number of hydrogen-bond donors (Lipinski definition) is 0. The number of anilines is 1. The van der Waals surface area contributed by atoms with Crippen LogP contribution in [0.3, 0.4) is 0 Å². The van der Waals surface area contributed by atoms with E-state index < -0.39 is 5.92 Å². The number of nitrogens with zero attached hydrogens (tertiary/aromatic N) is 1. The standard InChI is InChI=1S/C20H27NO6/c1-12-5-6-15(7-12)27-20(23)13-8-18(22)21(11-13)14-9-16(24-2)19(26-4)17(10-14)25-3/h9-10,12-13,15H,5-8,11H2,1-4H3/t12-,13-,15-/m1/s1. The minimum atomic E-state index is -0.451. The van der Waals surface area contributed by atoms with Gasteiger partial charge in [0.1, 0.15) is 6.10 Å². The Bertz CT molecular complexity index is 693. The van der Waals surface area contributed by atoms with Crippen molar-refractivity contribution in [1.82, 2.24) is 0 Å². The normalized spacial score (nSPS) is 24.8. The molecule has 0 unspecified atom stereocenters. The van der Waals surface area contributed by atoms with Crippen molar-refractivity contribution < 1.29 is 28.5 Å². The maximum absolute atomic E-state index is 12.5. The molecule has 0 N–H and O–H groups in total. The second kappa shape index (κ2) is 8.06. The minimum Gasteiger partial charge on any atom is -0.493 e. The van der Waals surface area contributed by atoms with Crippen LogP contribution in [0.1, 0.15) is 32.6 Å². The van der Waals surface area contributed by atoms with E-state index in [1.807, 2.05) is 0 Å². The molecular formula is C20H27NO6. The zero-order valence-corrected chi connectivity index (χ0v) is 16.3. The first kappa shape index (κ1) is 19.3. The number of hydrogen-bond acceptors (Lipinski definition) is 6. The van der Waals surface area contributed by atoms with E-state index in [2.05, 4.69) is 6.92 Å². The third kappa shape index (κ3) is 3.96. The van der Waals surface area contributed by atoms with Crippen LogP contribution in [0.5, 0.6) is 17.2 Å². The van der Waals surface area contributed by atoms with Crippen LogP contribution in [0, 0.1) is 11.8 Å². The van der Waals surface area contributed by atoms with Gasteiger partial charge < -0.3 is 23.8 Å². The first-order chi connectivity index (χ1) is 13.0. The lowest BCUT2D eigenvalue weighted by Crippen LogP contribution is -2.28. The summed E-state index contributed by atoms with van der Waals surface area (Å²) in [6.07, 6.45) is 3.03. The molecule has 7 nitrogen and oxygen atoms in total. The van der Waals surface area contributed by atoms with Crippen LogP contribution in [0.2, 0.25) is 0 Å². The van der Waals surface area contributed by atoms with Crippen LogP contribution in [-0.4, -0.2) is 45.9 Å². The number of carbonyl (C=O) groups is 2. The summed E-state index contributed by atoms with van der Waals surface area (Å²) >= 11 is 0. The second-order valence-corrected chi connectivity index (χ2v) is 7.27. The van der Waals surface area contributed by atoms with Crippen molar-refractivity contribution in [3.05, 3.63) is 12.1 Å². The lowest BCUT2D eigenvalue weighted by Gasteiger charge is -2.20. The quantitative estimate of drug-likeness (QED) is 0.710. The molecule has 1 aliphatic heterocycles. The third-order valence-corrected chi connectivity index (χ3v) is 5.35. The molecule has 0 aromatic heterocycles. The molecule has 0 spiro atoms. The Hall–Kier alpha value is -2.44. The van der Waals surface area contributed by atoms with Crippen molar-refractivity contribution in [2.45, 2.75) is 38.7 Å². The van der Waals surface area contributed by atoms with Gasteiger partial charge in [0.2, 0.25) is 11.7 Å². The van der Waals surface area contributed by atoms with Gasteiger partial charge in [0.15, 0.2) is 11.5 Å². The molecule has 1 amide bonds. The van der Waals surface area contributed by atoms with Gasteiger partial charge in [-0.3, -0.25) is 9.59 Å². The number of carbonyl (C=O) groups excluding carboxylic acids is 2. The first-order valence-corrected chi connectivity index (χ1v) is 9.27. The SMILES string of the molecule is COc1cc(N2C[C@H](C(=O)O[C@@H]3CC[C@@H](C)C3)CC2=O)cc(OC)c1OC. The van der Waals surface area contributed by atoms with Crippen molar-refractivity contribution in [2.75, 3.05) is 32.8 Å². The highest BCUT2D eigenvalue weighted by molar-refractivity contribution is 6.00. The molecule has 148 valence electrons. The molecule has 0 bridgehead atoms. The Kier molecular flexibility index (Phi) is 5.77. The number of rotatable bonds is 6. The summed E-state index contributed by atoms with van der Waals surface area (Å²) in [6.45, 7) is 2.46. The van der Waals surface area contributed by atoms with E-state index >= 15 is 0 Å². The molecule has 1 saturated heterocycles. The van der Waals surface area contributed by atoms with Crippen LogP contribution in [0.25, 0.3) is 0 Å². The molecular weight excluding hydrogens is 350 g/mol. The molecule has 1 heterocycles. The van der Waals surface area contributed by atoms with Crippen LogP contribution < -0.4 is 19.1 Å². The number of esters is 1. The van der Waals surface area contributed by atoms with Crippen molar-refractivity contribution >= 4 is 17.6 Å². The van der Waals surface area contributed by atoms with E-state index in [4.69, 9.17) is 18.9 Å². The van der Waals surface area contributed by atoms with Crippen molar-refractivity contribution in [2.24, 2.45) is 11.8 Å². The summed E-state index contributed by atoms with van der Waals surface area (Å²) in [5.41, 5.74) is 0.610. The Balaban J connectivity index is 1.74. The van der Waals surface area contributed by atoms with Crippen LogP contribution in [0.15, 0.2) is 12.1 Å². The summed E-state index contributed by atoms with van der Waals surface area (Å²) < 4.78 is 21.7. The summed E-state index contributed by atoms with van der Waals surface area (Å²) in [7, 11) is 4.57. The average molecular weight is 377 g/mol. The fourth-order valence-corrected chi connectivity index (χ4v) is 3.86. The van der Waals surface area contributed by atoms with Gasteiger partial charge in [-0.2, -0.15) is 0 Å². The van der Waals surface area contributed by atoms with Gasteiger partial charge in [0.05, 0.1) is 32.9 Å². The molecule has 1 aromatic rings. The van der Waals surface area contributed by atoms with Crippen molar-refractivity contribution in [1.29, 1.82) is 0 Å². The smallest absolute Gasteiger partial charge is 0.311 e. The fraction of sp³-hybridized carbons (Fsp3) is 0.600. The van der Waals surface area contributed by atoms with E-state index in [9.17, 15) is 9.59 Å². The van der Waals surface area contributed by atoms with E-state index in [-0.39, 0.29) is 24.4 Å². The summed E-state index contributed by atoms with van der Waals surface area (Å²) in [6, 6.07) is 3.43. The van der Waals surface area contributed by atoms with Crippen LogP contribution >= 0.6 is 0 Å². The van der Waals surface area contributed by atoms with Crippen LogP contribution in [-0.2, 0) is 14.3 Å². The molecule has 1 saturated carbocycles. The minimum absolute atomic E-state index is 0.0159. The van der Waals surface area contributed by atoms with Gasteiger partial charge in [-0.05, 0) is 25.2 Å². The van der Waals surface area contributed by atoms with Gasteiger partial charge in [0.25, 0.3) is 0 Å². The summed E-state index contributed by atoms with van der Waals surface area (Å²) in [4.78, 5) is 26.6. The Labute approximate surface area is 159 Å². The first-order valence-electron chi connectivity index (χ1n) is 9.27.